The summed E-state index contributed by atoms with van der Waals surface area (Å²) in [7, 11) is 0. The van der Waals surface area contributed by atoms with E-state index in [1.165, 1.54) is 29.0 Å². The van der Waals surface area contributed by atoms with Gasteiger partial charge in [-0.25, -0.2) is 14.4 Å². The fraction of sp³-hybridized carbons (Fsp3) is 0.0435. The number of anilines is 2. The lowest BCUT2D eigenvalue weighted by molar-refractivity contribution is -0.137. The summed E-state index contributed by atoms with van der Waals surface area (Å²) in [6.45, 7) is 0. The molecule has 170 valence electrons. The first-order valence-electron chi connectivity index (χ1n) is 9.87. The van der Waals surface area contributed by atoms with Gasteiger partial charge in [0.1, 0.15) is 11.5 Å². The number of hydrogen-bond donors (Lipinski definition) is 1. The molecule has 0 fully saturated rings. The third kappa shape index (κ3) is 4.15. The molecule has 6 nitrogen and oxygen atoms in total. The Morgan fingerprint density at radius 2 is 1.74 bits per heavy atom. The minimum Gasteiger partial charge on any atom is -0.324 e. The van der Waals surface area contributed by atoms with Gasteiger partial charge in [-0.1, -0.05) is 11.6 Å². The van der Waals surface area contributed by atoms with E-state index in [0.717, 1.165) is 12.1 Å². The molecule has 0 bridgehead atoms. The first-order chi connectivity index (χ1) is 16.3. The lowest BCUT2D eigenvalue weighted by Gasteiger charge is -2.12. The number of benzene rings is 2. The van der Waals surface area contributed by atoms with E-state index in [1.54, 1.807) is 36.5 Å². The van der Waals surface area contributed by atoms with E-state index < -0.39 is 16.8 Å². The zero-order valence-electron chi connectivity index (χ0n) is 17.1. The van der Waals surface area contributed by atoms with E-state index in [1.807, 2.05) is 0 Å². The molecule has 0 aliphatic rings. The van der Waals surface area contributed by atoms with Crippen molar-refractivity contribution in [2.75, 3.05) is 5.32 Å². The van der Waals surface area contributed by atoms with Gasteiger partial charge in [-0.15, -0.1) is 5.10 Å². The molecule has 0 spiro atoms. The van der Waals surface area contributed by atoms with Crippen LogP contribution < -0.4 is 5.32 Å². The Bertz CT molecular complexity index is 1500. The smallest absolute Gasteiger partial charge is 0.324 e. The van der Waals surface area contributed by atoms with Crippen LogP contribution >= 0.6 is 11.6 Å². The number of nitrogens with zero attached hydrogens (tertiary/aromatic N) is 5. The highest BCUT2D eigenvalue weighted by molar-refractivity contribution is 6.31. The third-order valence-electron chi connectivity index (χ3n) is 4.98. The van der Waals surface area contributed by atoms with Crippen LogP contribution in [0.4, 0.5) is 29.2 Å². The van der Waals surface area contributed by atoms with Gasteiger partial charge in [-0.2, -0.15) is 22.9 Å². The Hall–Kier alpha value is -4.05. The summed E-state index contributed by atoms with van der Waals surface area (Å²) in [6.07, 6.45) is -1.56. The van der Waals surface area contributed by atoms with Crippen LogP contribution in [0.3, 0.4) is 0 Å². The Balaban J connectivity index is 1.59. The molecule has 0 atom stereocenters. The summed E-state index contributed by atoms with van der Waals surface area (Å²) >= 11 is 5.70. The second kappa shape index (κ2) is 8.38. The monoisotopic (exact) mass is 484 g/mol. The lowest BCUT2D eigenvalue weighted by atomic mass is 10.0. The zero-order valence-corrected chi connectivity index (χ0v) is 17.8. The van der Waals surface area contributed by atoms with Crippen LogP contribution in [0, 0.1) is 5.82 Å². The van der Waals surface area contributed by atoms with Crippen molar-refractivity contribution in [2.45, 2.75) is 6.18 Å². The summed E-state index contributed by atoms with van der Waals surface area (Å²) in [4.78, 5) is 8.61. The van der Waals surface area contributed by atoms with E-state index in [2.05, 4.69) is 25.5 Å². The maximum atomic E-state index is 13.5. The van der Waals surface area contributed by atoms with Crippen molar-refractivity contribution in [3.63, 3.8) is 0 Å². The normalized spacial score (nSPS) is 11.7. The molecule has 0 unspecified atom stereocenters. The number of alkyl halides is 3. The summed E-state index contributed by atoms with van der Waals surface area (Å²) < 4.78 is 54.5. The molecule has 2 aromatic carbocycles. The van der Waals surface area contributed by atoms with E-state index in [0.29, 0.717) is 28.0 Å². The molecule has 0 aliphatic heterocycles. The van der Waals surface area contributed by atoms with Gasteiger partial charge in [-0.3, -0.25) is 0 Å². The maximum Gasteiger partial charge on any atom is 0.417 e. The predicted molar refractivity (Wildman–Crippen MR) is 119 cm³/mol. The molecule has 34 heavy (non-hydrogen) atoms. The largest absolute Gasteiger partial charge is 0.417 e. The molecule has 3 aromatic heterocycles. The van der Waals surface area contributed by atoms with Gasteiger partial charge in [0.2, 0.25) is 5.95 Å². The Kier molecular flexibility index (Phi) is 5.37. The topological polar surface area (TPSA) is 68.0 Å². The maximum absolute atomic E-state index is 13.5. The predicted octanol–water partition coefficient (Wildman–Crippen LogP) is 6.41. The van der Waals surface area contributed by atoms with E-state index in [-0.39, 0.29) is 17.5 Å². The van der Waals surface area contributed by atoms with Crippen LogP contribution in [0.15, 0.2) is 73.1 Å². The standard InChI is InChI=1S/C23H13ClF4N6/c24-17-8-7-15(12-16(17)23(26,27)28)31-22-29-11-9-18(32-22)20-19-2-1-10-30-34(19)33-21(20)13-3-5-14(25)6-4-13/h1-12H,(H,29,31,32). The first kappa shape index (κ1) is 21.8. The van der Waals surface area contributed by atoms with Crippen molar-refractivity contribution in [1.29, 1.82) is 0 Å². The van der Waals surface area contributed by atoms with Gasteiger partial charge in [0.25, 0.3) is 0 Å². The van der Waals surface area contributed by atoms with Crippen LogP contribution in [0.5, 0.6) is 0 Å². The average Bonchev–Trinajstić information content (AvgIpc) is 3.20. The number of hydrogen-bond acceptors (Lipinski definition) is 5. The highest BCUT2D eigenvalue weighted by Crippen LogP contribution is 2.37. The van der Waals surface area contributed by atoms with Crippen molar-refractivity contribution in [2.24, 2.45) is 0 Å². The summed E-state index contributed by atoms with van der Waals surface area (Å²) in [5.74, 6) is -0.317. The minimum absolute atomic E-state index is 0.0706. The fourth-order valence-electron chi connectivity index (χ4n) is 3.46. The second-order valence-electron chi connectivity index (χ2n) is 7.21. The molecule has 0 aliphatic carbocycles. The van der Waals surface area contributed by atoms with E-state index in [4.69, 9.17) is 11.6 Å². The number of rotatable bonds is 4. The van der Waals surface area contributed by atoms with Crippen molar-refractivity contribution in [3.05, 3.63) is 89.5 Å². The summed E-state index contributed by atoms with van der Waals surface area (Å²) in [6, 6.07) is 14.4. The van der Waals surface area contributed by atoms with Gasteiger partial charge in [0.05, 0.1) is 27.4 Å². The fourth-order valence-corrected chi connectivity index (χ4v) is 3.69. The Morgan fingerprint density at radius 3 is 2.50 bits per heavy atom. The molecule has 11 heteroatoms. The van der Waals surface area contributed by atoms with Crippen molar-refractivity contribution >= 4 is 28.8 Å². The summed E-state index contributed by atoms with van der Waals surface area (Å²) in [5.41, 5.74) is 1.99. The number of fused-ring (bicyclic) bond motifs is 1. The van der Waals surface area contributed by atoms with Crippen LogP contribution in [0.1, 0.15) is 5.56 Å². The van der Waals surface area contributed by atoms with Crippen molar-refractivity contribution in [3.8, 4) is 22.5 Å². The highest BCUT2D eigenvalue weighted by atomic mass is 35.5. The van der Waals surface area contributed by atoms with Crippen LogP contribution in [-0.4, -0.2) is 24.8 Å². The molecule has 1 N–H and O–H groups in total. The first-order valence-corrected chi connectivity index (χ1v) is 10.2. The van der Waals surface area contributed by atoms with E-state index in [9.17, 15) is 17.6 Å². The van der Waals surface area contributed by atoms with Gasteiger partial charge < -0.3 is 5.32 Å². The highest BCUT2D eigenvalue weighted by Gasteiger charge is 2.33. The SMILES string of the molecule is Fc1ccc(-c2nn3ncccc3c2-c2ccnc(Nc3ccc(Cl)c(C(F)(F)F)c3)n2)cc1. The molecule has 0 saturated heterocycles. The van der Waals surface area contributed by atoms with Gasteiger partial charge >= 0.3 is 6.18 Å². The van der Waals surface area contributed by atoms with Gasteiger partial charge in [0, 0.05) is 23.6 Å². The molecule has 0 saturated carbocycles. The molecule has 5 rings (SSSR count). The molecule has 0 amide bonds. The van der Waals surface area contributed by atoms with Crippen molar-refractivity contribution in [1.82, 2.24) is 24.8 Å². The summed E-state index contributed by atoms with van der Waals surface area (Å²) in [5, 5.41) is 11.1. The number of aromatic nitrogens is 5. The van der Waals surface area contributed by atoms with Crippen molar-refractivity contribution < 1.29 is 17.6 Å². The minimum atomic E-state index is -4.61. The average molecular weight is 485 g/mol. The Labute approximate surface area is 194 Å². The Morgan fingerprint density at radius 1 is 0.941 bits per heavy atom. The van der Waals surface area contributed by atoms with Crippen LogP contribution in [0.25, 0.3) is 28.0 Å². The zero-order chi connectivity index (χ0) is 23.9. The quantitative estimate of drug-likeness (QED) is 0.299. The molecular weight excluding hydrogens is 472 g/mol. The number of halogens is 5. The van der Waals surface area contributed by atoms with E-state index >= 15 is 0 Å². The molecule has 0 radical (unpaired) electrons. The third-order valence-corrected chi connectivity index (χ3v) is 5.31. The van der Waals surface area contributed by atoms with Gasteiger partial charge in [0.15, 0.2) is 0 Å². The lowest BCUT2D eigenvalue weighted by Crippen LogP contribution is -2.07. The number of nitrogens with one attached hydrogen (secondary N) is 1. The van der Waals surface area contributed by atoms with Crippen LogP contribution in [-0.2, 0) is 6.18 Å². The molecule has 3 heterocycles. The molecule has 5 aromatic rings. The van der Waals surface area contributed by atoms with Crippen LogP contribution in [0.2, 0.25) is 5.02 Å². The molecular formula is C23H13ClF4N6. The van der Waals surface area contributed by atoms with Gasteiger partial charge in [-0.05, 0) is 60.7 Å². The second-order valence-corrected chi connectivity index (χ2v) is 7.62.